The molecule has 0 aliphatic carbocycles. The zero-order chi connectivity index (χ0) is 10.1. The van der Waals surface area contributed by atoms with Crippen molar-refractivity contribution in [2.45, 2.75) is 12.8 Å². The Morgan fingerprint density at radius 1 is 1.29 bits per heavy atom. The van der Waals surface area contributed by atoms with Crippen molar-refractivity contribution in [1.29, 1.82) is 0 Å². The van der Waals surface area contributed by atoms with Crippen molar-refractivity contribution in [2.24, 2.45) is 0 Å². The molecule has 0 spiro atoms. The van der Waals surface area contributed by atoms with Gasteiger partial charge in [0, 0.05) is 17.6 Å². The lowest BCUT2D eigenvalue weighted by Crippen LogP contribution is -2.19. The van der Waals surface area contributed by atoms with Gasteiger partial charge in [-0.25, -0.2) is 4.39 Å². The van der Waals surface area contributed by atoms with Gasteiger partial charge in [0.25, 0.3) is 0 Å². The van der Waals surface area contributed by atoms with Crippen molar-refractivity contribution in [3.63, 3.8) is 0 Å². The summed E-state index contributed by atoms with van der Waals surface area (Å²) in [5.74, 6) is -0.309. The maximum atomic E-state index is 13.6. The maximum absolute atomic E-state index is 13.6. The second kappa shape index (κ2) is 4.07. The predicted octanol–water partition coefficient (Wildman–Crippen LogP) is 3.84. The van der Waals surface area contributed by atoms with Crippen LogP contribution < -0.4 is 4.90 Å². The Bertz CT molecular complexity index is 350. The molecule has 1 aliphatic heterocycles. The number of hydrogen-bond donors (Lipinski definition) is 0. The molecule has 0 aromatic heterocycles. The van der Waals surface area contributed by atoms with Crippen LogP contribution in [0.5, 0.6) is 0 Å². The van der Waals surface area contributed by atoms with Crippen molar-refractivity contribution in [3.8, 4) is 0 Å². The minimum Gasteiger partial charge on any atom is -0.369 e. The molecular weight excluding hydrogens is 268 g/mol. The summed E-state index contributed by atoms with van der Waals surface area (Å²) in [5.41, 5.74) is 0.613. The number of halogens is 3. The summed E-state index contributed by atoms with van der Waals surface area (Å²) in [7, 11) is 0. The molecule has 1 heterocycles. The number of rotatable bonds is 1. The smallest absolute Gasteiger partial charge is 0.165 e. The highest BCUT2D eigenvalue weighted by Gasteiger charge is 2.18. The lowest BCUT2D eigenvalue weighted by atomic mass is 10.3. The third-order valence-electron chi connectivity index (χ3n) is 2.42. The van der Waals surface area contributed by atoms with Gasteiger partial charge in [0.05, 0.1) is 10.7 Å². The number of nitrogens with zero attached hydrogens (tertiary/aromatic N) is 1. The van der Waals surface area contributed by atoms with Crippen LogP contribution in [0.15, 0.2) is 16.6 Å². The van der Waals surface area contributed by atoms with Crippen molar-refractivity contribution in [2.75, 3.05) is 18.0 Å². The molecule has 0 radical (unpaired) electrons. The van der Waals surface area contributed by atoms with Crippen molar-refractivity contribution in [3.05, 3.63) is 27.4 Å². The average Bonchev–Trinajstić information content (AvgIpc) is 2.63. The molecule has 0 amide bonds. The van der Waals surface area contributed by atoms with Crippen LogP contribution in [0.3, 0.4) is 0 Å². The third kappa shape index (κ3) is 1.89. The molecule has 2 rings (SSSR count). The zero-order valence-electron chi connectivity index (χ0n) is 7.56. The van der Waals surface area contributed by atoms with E-state index in [1.807, 2.05) is 4.90 Å². The Morgan fingerprint density at radius 3 is 2.57 bits per heavy atom. The second-order valence-electron chi connectivity index (χ2n) is 3.41. The lowest BCUT2D eigenvalue weighted by Gasteiger charge is -2.19. The molecule has 0 unspecified atom stereocenters. The molecule has 0 atom stereocenters. The van der Waals surface area contributed by atoms with E-state index in [2.05, 4.69) is 15.9 Å². The first-order valence-electron chi connectivity index (χ1n) is 4.58. The van der Waals surface area contributed by atoms with Gasteiger partial charge in [0.1, 0.15) is 0 Å². The summed E-state index contributed by atoms with van der Waals surface area (Å²) in [5, 5.41) is 0.182. The van der Waals surface area contributed by atoms with Crippen molar-refractivity contribution >= 4 is 33.2 Å². The zero-order valence-corrected chi connectivity index (χ0v) is 9.91. The molecule has 14 heavy (non-hydrogen) atoms. The number of hydrogen-bond acceptors (Lipinski definition) is 1. The Hall–Kier alpha value is -0.280. The van der Waals surface area contributed by atoms with Gasteiger partial charge in [-0.3, -0.25) is 0 Å². The highest BCUT2D eigenvalue weighted by Crippen LogP contribution is 2.31. The first-order valence-corrected chi connectivity index (χ1v) is 5.75. The number of benzene rings is 1. The monoisotopic (exact) mass is 277 g/mol. The summed E-state index contributed by atoms with van der Waals surface area (Å²) < 4.78 is 14.5. The van der Waals surface area contributed by atoms with Gasteiger partial charge in [-0.15, -0.1) is 0 Å². The first-order chi connectivity index (χ1) is 6.68. The SMILES string of the molecule is Fc1c(Cl)cc(Br)cc1N1CCCC1. The molecule has 76 valence electrons. The molecule has 1 aromatic carbocycles. The molecule has 1 saturated heterocycles. The molecule has 1 aliphatic rings. The molecular formula is C10H10BrClFN. The Kier molecular flexibility index (Phi) is 2.98. The van der Waals surface area contributed by atoms with E-state index in [1.165, 1.54) is 0 Å². The van der Waals surface area contributed by atoms with E-state index in [1.54, 1.807) is 12.1 Å². The van der Waals surface area contributed by atoms with Crippen LogP contribution in [0, 0.1) is 5.82 Å². The summed E-state index contributed by atoms with van der Waals surface area (Å²) in [6, 6.07) is 3.36. The fourth-order valence-corrected chi connectivity index (χ4v) is 2.52. The van der Waals surface area contributed by atoms with Crippen LogP contribution in [-0.4, -0.2) is 13.1 Å². The van der Waals surface area contributed by atoms with Gasteiger partial charge in [-0.2, -0.15) is 0 Å². The van der Waals surface area contributed by atoms with Crippen LogP contribution in [0.2, 0.25) is 5.02 Å². The van der Waals surface area contributed by atoms with Gasteiger partial charge in [-0.05, 0) is 25.0 Å². The molecule has 0 saturated carbocycles. The van der Waals surface area contributed by atoms with Gasteiger partial charge < -0.3 is 4.90 Å². The fourth-order valence-electron chi connectivity index (χ4n) is 1.73. The van der Waals surface area contributed by atoms with Gasteiger partial charge in [-0.1, -0.05) is 27.5 Å². The Labute approximate surface area is 96.0 Å². The maximum Gasteiger partial charge on any atom is 0.165 e. The average molecular weight is 279 g/mol. The standard InChI is InChI=1S/C10H10BrClFN/c11-7-5-8(12)10(13)9(6-7)14-3-1-2-4-14/h5-6H,1-4H2. The van der Waals surface area contributed by atoms with Gasteiger partial charge in [0.2, 0.25) is 0 Å². The van der Waals surface area contributed by atoms with Crippen LogP contribution >= 0.6 is 27.5 Å². The molecule has 1 aromatic rings. The highest BCUT2D eigenvalue weighted by atomic mass is 79.9. The minimum absolute atomic E-state index is 0.182. The normalized spacial score (nSPS) is 16.4. The van der Waals surface area contributed by atoms with Crippen molar-refractivity contribution in [1.82, 2.24) is 0 Å². The molecule has 4 heteroatoms. The van der Waals surface area contributed by atoms with E-state index < -0.39 is 0 Å². The van der Waals surface area contributed by atoms with E-state index in [-0.39, 0.29) is 10.8 Å². The summed E-state index contributed by atoms with van der Waals surface area (Å²) in [6.45, 7) is 1.84. The largest absolute Gasteiger partial charge is 0.369 e. The topological polar surface area (TPSA) is 3.24 Å². The molecule has 0 N–H and O–H groups in total. The molecule has 1 fully saturated rings. The van der Waals surface area contributed by atoms with E-state index in [0.717, 1.165) is 30.4 Å². The van der Waals surface area contributed by atoms with Crippen LogP contribution in [-0.2, 0) is 0 Å². The van der Waals surface area contributed by atoms with E-state index >= 15 is 0 Å². The van der Waals surface area contributed by atoms with Crippen molar-refractivity contribution < 1.29 is 4.39 Å². The van der Waals surface area contributed by atoms with E-state index in [0.29, 0.717) is 5.69 Å². The van der Waals surface area contributed by atoms with E-state index in [9.17, 15) is 4.39 Å². The van der Waals surface area contributed by atoms with E-state index in [4.69, 9.17) is 11.6 Å². The number of anilines is 1. The highest BCUT2D eigenvalue weighted by molar-refractivity contribution is 9.10. The Balaban J connectivity index is 2.40. The minimum atomic E-state index is -0.309. The van der Waals surface area contributed by atoms with Gasteiger partial charge in [0.15, 0.2) is 5.82 Å². The molecule has 0 bridgehead atoms. The third-order valence-corrected chi connectivity index (χ3v) is 3.15. The first kappa shape index (κ1) is 10.2. The predicted molar refractivity (Wildman–Crippen MR) is 60.6 cm³/mol. The summed E-state index contributed by atoms with van der Waals surface area (Å²) in [6.07, 6.45) is 2.26. The quantitative estimate of drug-likeness (QED) is 0.706. The lowest BCUT2D eigenvalue weighted by molar-refractivity contribution is 0.623. The molecule has 1 nitrogen and oxygen atoms in total. The second-order valence-corrected chi connectivity index (χ2v) is 4.74. The summed E-state index contributed by atoms with van der Waals surface area (Å²) in [4.78, 5) is 2.03. The Morgan fingerprint density at radius 2 is 1.93 bits per heavy atom. The van der Waals surface area contributed by atoms with Crippen LogP contribution in [0.4, 0.5) is 10.1 Å². The fraction of sp³-hybridized carbons (Fsp3) is 0.400. The summed E-state index contributed by atoms with van der Waals surface area (Å²) >= 11 is 9.08. The van der Waals surface area contributed by atoms with Gasteiger partial charge >= 0.3 is 0 Å². The van der Waals surface area contributed by atoms with Crippen LogP contribution in [0.1, 0.15) is 12.8 Å². The van der Waals surface area contributed by atoms with Crippen LogP contribution in [0.25, 0.3) is 0 Å².